The van der Waals surface area contributed by atoms with Crippen molar-refractivity contribution in [3.05, 3.63) is 0 Å². The Balaban J connectivity index is 0.00000338. The first-order chi connectivity index (χ1) is 12.1. The normalized spacial score (nSPS) is 19.9. The van der Waals surface area contributed by atoms with Crippen LogP contribution in [0.15, 0.2) is 4.99 Å². The fraction of sp³-hybridized carbons (Fsp3) is 0.895. The molecule has 0 atom stereocenters. The van der Waals surface area contributed by atoms with E-state index in [1.165, 1.54) is 38.9 Å². The van der Waals surface area contributed by atoms with Crippen LogP contribution in [0, 0.1) is 5.41 Å². The summed E-state index contributed by atoms with van der Waals surface area (Å²) in [7, 11) is 5.51. The lowest BCUT2D eigenvalue weighted by Gasteiger charge is -2.31. The summed E-state index contributed by atoms with van der Waals surface area (Å²) in [5.41, 5.74) is -0.253. The van der Waals surface area contributed by atoms with E-state index in [1.54, 1.807) is 11.9 Å². The number of hydrogen-bond donors (Lipinski definition) is 2. The molecule has 2 fully saturated rings. The van der Waals surface area contributed by atoms with Crippen LogP contribution >= 0.6 is 24.0 Å². The highest BCUT2D eigenvalue weighted by Crippen LogP contribution is 2.38. The van der Waals surface area contributed by atoms with Gasteiger partial charge < -0.3 is 20.4 Å². The van der Waals surface area contributed by atoms with Crippen molar-refractivity contribution in [2.45, 2.75) is 51.4 Å². The maximum Gasteiger partial charge on any atom is 0.230 e. The van der Waals surface area contributed by atoms with Crippen molar-refractivity contribution in [3.8, 4) is 0 Å². The molecule has 1 aliphatic carbocycles. The van der Waals surface area contributed by atoms with Crippen LogP contribution in [-0.2, 0) is 4.79 Å². The minimum atomic E-state index is -0.253. The molecule has 1 aliphatic heterocycles. The summed E-state index contributed by atoms with van der Waals surface area (Å²) >= 11 is 0. The van der Waals surface area contributed by atoms with Gasteiger partial charge in [-0.05, 0) is 58.2 Å². The number of nitrogens with one attached hydrogen (secondary N) is 2. The van der Waals surface area contributed by atoms with Crippen molar-refractivity contribution < 1.29 is 4.79 Å². The van der Waals surface area contributed by atoms with Gasteiger partial charge in [-0.15, -0.1) is 24.0 Å². The standard InChI is InChI=1S/C19H37N5O.HI/c1-20-18(21-12-6-7-13-24-14-8-9-15-24)22-16-19(10-4-5-11-19)17(25)23(2)3;/h4-16H2,1-3H3,(H2,20,21,22);1H. The summed E-state index contributed by atoms with van der Waals surface area (Å²) in [6, 6.07) is 0. The van der Waals surface area contributed by atoms with E-state index in [9.17, 15) is 4.79 Å². The Bertz CT molecular complexity index is 443. The number of amides is 1. The van der Waals surface area contributed by atoms with Gasteiger partial charge in [-0.1, -0.05) is 12.8 Å². The first-order valence-corrected chi connectivity index (χ1v) is 9.96. The molecule has 1 saturated carbocycles. The third kappa shape index (κ3) is 6.87. The molecule has 0 aromatic carbocycles. The SMILES string of the molecule is CN=C(NCCCCN1CCCC1)NCC1(C(=O)N(C)C)CCCC1.I. The number of aliphatic imine (C=N–C) groups is 1. The molecule has 26 heavy (non-hydrogen) atoms. The molecule has 0 radical (unpaired) electrons. The van der Waals surface area contributed by atoms with Crippen LogP contribution in [0.25, 0.3) is 0 Å². The molecule has 2 rings (SSSR count). The van der Waals surface area contributed by atoms with E-state index in [4.69, 9.17) is 0 Å². The van der Waals surface area contributed by atoms with Gasteiger partial charge in [0.2, 0.25) is 5.91 Å². The number of likely N-dealkylation sites (tertiary alicyclic amines) is 1. The molecule has 2 aliphatic rings. The number of rotatable bonds is 8. The Morgan fingerprint density at radius 1 is 1.08 bits per heavy atom. The average Bonchev–Trinajstić information content (AvgIpc) is 3.29. The highest BCUT2D eigenvalue weighted by molar-refractivity contribution is 14.0. The smallest absolute Gasteiger partial charge is 0.230 e. The Morgan fingerprint density at radius 3 is 2.31 bits per heavy atom. The zero-order chi connectivity index (χ0) is 18.1. The predicted molar refractivity (Wildman–Crippen MR) is 119 cm³/mol. The summed E-state index contributed by atoms with van der Waals surface area (Å²) in [5.74, 6) is 1.07. The number of carbonyl (C=O) groups excluding carboxylic acids is 1. The molecule has 1 saturated heterocycles. The molecule has 0 bridgehead atoms. The van der Waals surface area contributed by atoms with Crippen LogP contribution in [0.1, 0.15) is 51.4 Å². The third-order valence-corrected chi connectivity index (χ3v) is 5.63. The lowest BCUT2D eigenvalue weighted by molar-refractivity contribution is -0.138. The number of hydrogen-bond acceptors (Lipinski definition) is 3. The van der Waals surface area contributed by atoms with Gasteiger partial charge in [0.25, 0.3) is 0 Å². The third-order valence-electron chi connectivity index (χ3n) is 5.63. The van der Waals surface area contributed by atoms with Gasteiger partial charge in [-0.25, -0.2) is 0 Å². The van der Waals surface area contributed by atoms with Gasteiger partial charge in [0, 0.05) is 34.2 Å². The van der Waals surface area contributed by atoms with Gasteiger partial charge in [0.05, 0.1) is 5.41 Å². The van der Waals surface area contributed by atoms with E-state index in [0.717, 1.165) is 44.6 Å². The molecule has 7 heteroatoms. The van der Waals surface area contributed by atoms with Crippen LogP contribution in [0.4, 0.5) is 0 Å². The van der Waals surface area contributed by atoms with Crippen LogP contribution in [-0.4, -0.2) is 75.5 Å². The molecule has 0 aromatic heterocycles. The molecular weight excluding hydrogens is 441 g/mol. The zero-order valence-corrected chi connectivity index (χ0v) is 19.2. The Labute approximate surface area is 176 Å². The summed E-state index contributed by atoms with van der Waals surface area (Å²) < 4.78 is 0. The Kier molecular flexibility index (Phi) is 10.8. The molecule has 0 spiro atoms. The lowest BCUT2D eigenvalue weighted by atomic mass is 9.84. The Hall–Kier alpha value is -0.570. The van der Waals surface area contributed by atoms with Crippen molar-refractivity contribution >= 4 is 35.8 Å². The van der Waals surface area contributed by atoms with Crippen LogP contribution in [0.3, 0.4) is 0 Å². The molecule has 1 heterocycles. The predicted octanol–water partition coefficient (Wildman–Crippen LogP) is 2.29. The second-order valence-corrected chi connectivity index (χ2v) is 7.80. The summed E-state index contributed by atoms with van der Waals surface area (Å²) in [5, 5.41) is 6.80. The van der Waals surface area contributed by atoms with Crippen molar-refractivity contribution in [1.29, 1.82) is 0 Å². The quantitative estimate of drug-likeness (QED) is 0.243. The molecule has 152 valence electrons. The largest absolute Gasteiger partial charge is 0.356 e. The van der Waals surface area contributed by atoms with Crippen molar-refractivity contribution in [1.82, 2.24) is 20.4 Å². The van der Waals surface area contributed by atoms with E-state index in [-0.39, 0.29) is 35.3 Å². The van der Waals surface area contributed by atoms with E-state index in [0.29, 0.717) is 6.54 Å². The minimum absolute atomic E-state index is 0. The van der Waals surface area contributed by atoms with Gasteiger partial charge in [-0.2, -0.15) is 0 Å². The summed E-state index contributed by atoms with van der Waals surface area (Å²) in [6.07, 6.45) is 9.34. The Morgan fingerprint density at radius 2 is 1.73 bits per heavy atom. The van der Waals surface area contributed by atoms with Gasteiger partial charge in [0.15, 0.2) is 5.96 Å². The zero-order valence-electron chi connectivity index (χ0n) is 16.9. The molecule has 0 unspecified atom stereocenters. The number of unbranched alkanes of at least 4 members (excludes halogenated alkanes) is 1. The number of nitrogens with zero attached hydrogens (tertiary/aromatic N) is 3. The van der Waals surface area contributed by atoms with E-state index in [1.807, 2.05) is 14.1 Å². The van der Waals surface area contributed by atoms with Gasteiger partial charge >= 0.3 is 0 Å². The van der Waals surface area contributed by atoms with Gasteiger partial charge in [-0.3, -0.25) is 9.79 Å². The topological polar surface area (TPSA) is 60.0 Å². The molecule has 0 aromatic rings. The molecule has 2 N–H and O–H groups in total. The number of guanidine groups is 1. The second-order valence-electron chi connectivity index (χ2n) is 7.80. The number of carbonyl (C=O) groups is 1. The van der Waals surface area contributed by atoms with Gasteiger partial charge in [0.1, 0.15) is 0 Å². The highest BCUT2D eigenvalue weighted by atomic mass is 127. The fourth-order valence-corrected chi connectivity index (χ4v) is 4.14. The summed E-state index contributed by atoms with van der Waals surface area (Å²) in [4.78, 5) is 21.2. The molecule has 6 nitrogen and oxygen atoms in total. The lowest BCUT2D eigenvalue weighted by Crippen LogP contribution is -2.49. The molecule has 1 amide bonds. The maximum absolute atomic E-state index is 12.6. The first kappa shape index (κ1) is 23.5. The van der Waals surface area contributed by atoms with Crippen LogP contribution in [0.5, 0.6) is 0 Å². The fourth-order valence-electron chi connectivity index (χ4n) is 4.14. The minimum Gasteiger partial charge on any atom is -0.356 e. The second kappa shape index (κ2) is 12.0. The highest BCUT2D eigenvalue weighted by Gasteiger charge is 2.42. The van der Waals surface area contributed by atoms with Crippen molar-refractivity contribution in [2.75, 3.05) is 53.9 Å². The van der Waals surface area contributed by atoms with Crippen molar-refractivity contribution in [2.24, 2.45) is 10.4 Å². The van der Waals surface area contributed by atoms with Crippen molar-refractivity contribution in [3.63, 3.8) is 0 Å². The van der Waals surface area contributed by atoms with E-state index in [2.05, 4.69) is 20.5 Å². The number of halogens is 1. The maximum atomic E-state index is 12.6. The van der Waals surface area contributed by atoms with E-state index < -0.39 is 0 Å². The summed E-state index contributed by atoms with van der Waals surface area (Å²) in [6.45, 7) is 5.38. The van der Waals surface area contributed by atoms with Crippen LogP contribution < -0.4 is 10.6 Å². The average molecular weight is 479 g/mol. The molecular formula is C19H38IN5O. The first-order valence-electron chi connectivity index (χ1n) is 9.96. The monoisotopic (exact) mass is 479 g/mol. The van der Waals surface area contributed by atoms with Crippen LogP contribution in [0.2, 0.25) is 0 Å². The van der Waals surface area contributed by atoms with E-state index >= 15 is 0 Å².